The lowest BCUT2D eigenvalue weighted by Gasteiger charge is -2.13. The van der Waals surface area contributed by atoms with Crippen LogP contribution in [0.5, 0.6) is 0 Å². The Labute approximate surface area is 110 Å². The Bertz CT molecular complexity index is 453. The topological polar surface area (TPSA) is 40.7 Å². The summed E-state index contributed by atoms with van der Waals surface area (Å²) in [5, 5.41) is 3.45. The van der Waals surface area contributed by atoms with E-state index in [2.05, 4.69) is 56.3 Å². The molecule has 0 aliphatic carbocycles. The molecule has 3 nitrogen and oxygen atoms in total. The quantitative estimate of drug-likeness (QED) is 0.890. The third-order valence-electron chi connectivity index (χ3n) is 2.66. The molecule has 0 amide bonds. The summed E-state index contributed by atoms with van der Waals surface area (Å²) < 4.78 is 1.17. The normalized spacial score (nSPS) is 12.6. The van der Waals surface area contributed by atoms with Gasteiger partial charge in [-0.1, -0.05) is 34.1 Å². The van der Waals surface area contributed by atoms with Crippen molar-refractivity contribution in [2.45, 2.75) is 25.9 Å². The lowest BCUT2D eigenvalue weighted by atomic mass is 10.1. The van der Waals surface area contributed by atoms with E-state index in [9.17, 15) is 0 Å². The van der Waals surface area contributed by atoms with Gasteiger partial charge < -0.3 is 10.3 Å². The van der Waals surface area contributed by atoms with Crippen LogP contribution in [-0.4, -0.2) is 16.0 Å². The second-order valence-electron chi connectivity index (χ2n) is 4.11. The summed E-state index contributed by atoms with van der Waals surface area (Å²) in [6.45, 7) is 2.96. The molecule has 0 aliphatic rings. The summed E-state index contributed by atoms with van der Waals surface area (Å²) in [5.74, 6) is 0.976. The molecule has 1 atom stereocenters. The van der Waals surface area contributed by atoms with Crippen molar-refractivity contribution in [3.8, 4) is 0 Å². The number of H-pyrrole nitrogens is 1. The zero-order valence-electron chi connectivity index (χ0n) is 9.78. The molecule has 0 saturated carbocycles. The van der Waals surface area contributed by atoms with Crippen molar-refractivity contribution < 1.29 is 0 Å². The summed E-state index contributed by atoms with van der Waals surface area (Å²) in [4.78, 5) is 7.27. The molecule has 0 fully saturated rings. The number of rotatable bonds is 5. The fourth-order valence-electron chi connectivity index (χ4n) is 1.73. The summed E-state index contributed by atoms with van der Waals surface area (Å²) in [6, 6.07) is 8.75. The second-order valence-corrected chi connectivity index (χ2v) is 4.97. The predicted octanol–water partition coefficient (Wildman–Crippen LogP) is 2.89. The molecular formula is C13H16BrN3. The van der Waals surface area contributed by atoms with Gasteiger partial charge in [-0.25, -0.2) is 4.98 Å². The molecule has 0 aliphatic heterocycles. The third-order valence-corrected chi connectivity index (χ3v) is 3.43. The van der Waals surface area contributed by atoms with Crippen LogP contribution in [0.25, 0.3) is 0 Å². The lowest BCUT2D eigenvalue weighted by molar-refractivity contribution is 0.534. The zero-order chi connectivity index (χ0) is 12.1. The molecule has 0 radical (unpaired) electrons. The molecule has 2 aromatic rings. The highest BCUT2D eigenvalue weighted by Gasteiger charge is 2.06. The van der Waals surface area contributed by atoms with Crippen LogP contribution in [0.4, 0.5) is 0 Å². The molecule has 1 heterocycles. The Morgan fingerprint density at radius 1 is 1.41 bits per heavy atom. The SMILES string of the molecule is C[C@@H](Cc1ccccc1Br)NCc1ncc[nH]1. The van der Waals surface area contributed by atoms with Gasteiger partial charge in [-0.2, -0.15) is 0 Å². The molecular weight excluding hydrogens is 278 g/mol. The van der Waals surface area contributed by atoms with Crippen LogP contribution in [0.3, 0.4) is 0 Å². The van der Waals surface area contributed by atoms with Gasteiger partial charge in [0.1, 0.15) is 5.82 Å². The number of benzene rings is 1. The Kier molecular flexibility index (Phi) is 4.34. The molecule has 1 aromatic carbocycles. The van der Waals surface area contributed by atoms with Gasteiger partial charge in [-0.3, -0.25) is 0 Å². The zero-order valence-corrected chi connectivity index (χ0v) is 11.4. The Morgan fingerprint density at radius 2 is 2.24 bits per heavy atom. The predicted molar refractivity (Wildman–Crippen MR) is 72.7 cm³/mol. The smallest absolute Gasteiger partial charge is 0.120 e. The number of aromatic amines is 1. The van der Waals surface area contributed by atoms with Crippen molar-refractivity contribution in [3.63, 3.8) is 0 Å². The number of hydrogen-bond donors (Lipinski definition) is 2. The number of halogens is 1. The molecule has 4 heteroatoms. The van der Waals surface area contributed by atoms with Crippen LogP contribution in [0, 0.1) is 0 Å². The molecule has 0 bridgehead atoms. The second kappa shape index (κ2) is 5.98. The number of imidazole rings is 1. The maximum atomic E-state index is 4.19. The summed E-state index contributed by atoms with van der Waals surface area (Å²) >= 11 is 3.57. The average Bonchev–Trinajstić information content (AvgIpc) is 2.82. The number of nitrogens with zero attached hydrogens (tertiary/aromatic N) is 1. The Hall–Kier alpha value is -1.13. The molecule has 0 saturated heterocycles. The van der Waals surface area contributed by atoms with Crippen LogP contribution >= 0.6 is 15.9 Å². The van der Waals surface area contributed by atoms with Crippen molar-refractivity contribution in [2.24, 2.45) is 0 Å². The Morgan fingerprint density at radius 3 is 2.94 bits per heavy atom. The van der Waals surface area contributed by atoms with E-state index >= 15 is 0 Å². The van der Waals surface area contributed by atoms with E-state index in [4.69, 9.17) is 0 Å². The van der Waals surface area contributed by atoms with Crippen LogP contribution in [0.15, 0.2) is 41.1 Å². The highest BCUT2D eigenvalue weighted by Crippen LogP contribution is 2.17. The maximum absolute atomic E-state index is 4.19. The third kappa shape index (κ3) is 3.68. The van der Waals surface area contributed by atoms with Gasteiger partial charge in [0.05, 0.1) is 6.54 Å². The fraction of sp³-hybridized carbons (Fsp3) is 0.308. The first-order valence-electron chi connectivity index (χ1n) is 5.71. The van der Waals surface area contributed by atoms with Gasteiger partial charge in [0, 0.05) is 22.9 Å². The molecule has 2 rings (SSSR count). The maximum Gasteiger partial charge on any atom is 0.120 e. The van der Waals surface area contributed by atoms with Crippen molar-refractivity contribution in [2.75, 3.05) is 0 Å². The largest absolute Gasteiger partial charge is 0.348 e. The van der Waals surface area contributed by atoms with E-state index in [0.717, 1.165) is 18.8 Å². The monoisotopic (exact) mass is 293 g/mol. The van der Waals surface area contributed by atoms with Crippen molar-refractivity contribution in [1.82, 2.24) is 15.3 Å². The van der Waals surface area contributed by atoms with Crippen LogP contribution in [-0.2, 0) is 13.0 Å². The summed E-state index contributed by atoms with van der Waals surface area (Å²) in [5.41, 5.74) is 1.33. The van der Waals surface area contributed by atoms with Gasteiger partial charge >= 0.3 is 0 Å². The van der Waals surface area contributed by atoms with Crippen molar-refractivity contribution in [1.29, 1.82) is 0 Å². The minimum atomic E-state index is 0.416. The summed E-state index contributed by atoms with van der Waals surface area (Å²) in [7, 11) is 0. The first-order chi connectivity index (χ1) is 8.25. The van der Waals surface area contributed by atoms with E-state index in [0.29, 0.717) is 6.04 Å². The molecule has 17 heavy (non-hydrogen) atoms. The van der Waals surface area contributed by atoms with Crippen molar-refractivity contribution >= 4 is 15.9 Å². The summed E-state index contributed by atoms with van der Waals surface area (Å²) in [6.07, 6.45) is 4.62. The van der Waals surface area contributed by atoms with Gasteiger partial charge in [-0.05, 0) is 25.0 Å². The fourth-order valence-corrected chi connectivity index (χ4v) is 2.18. The van der Waals surface area contributed by atoms with Gasteiger partial charge in [0.25, 0.3) is 0 Å². The number of nitrogens with one attached hydrogen (secondary N) is 2. The van der Waals surface area contributed by atoms with E-state index in [-0.39, 0.29) is 0 Å². The minimum absolute atomic E-state index is 0.416. The van der Waals surface area contributed by atoms with Crippen LogP contribution in [0.2, 0.25) is 0 Å². The van der Waals surface area contributed by atoms with Crippen LogP contribution in [0.1, 0.15) is 18.3 Å². The average molecular weight is 294 g/mol. The van der Waals surface area contributed by atoms with E-state index in [1.54, 1.807) is 6.20 Å². The number of aromatic nitrogens is 2. The lowest BCUT2D eigenvalue weighted by Crippen LogP contribution is -2.28. The van der Waals surface area contributed by atoms with Crippen molar-refractivity contribution in [3.05, 3.63) is 52.5 Å². The highest BCUT2D eigenvalue weighted by molar-refractivity contribution is 9.10. The number of hydrogen-bond acceptors (Lipinski definition) is 2. The van der Waals surface area contributed by atoms with E-state index < -0.39 is 0 Å². The molecule has 1 aromatic heterocycles. The molecule has 2 N–H and O–H groups in total. The highest BCUT2D eigenvalue weighted by atomic mass is 79.9. The Balaban J connectivity index is 1.85. The van der Waals surface area contributed by atoms with Crippen LogP contribution < -0.4 is 5.32 Å². The molecule has 0 spiro atoms. The molecule has 0 unspecified atom stereocenters. The standard InChI is InChI=1S/C13H16BrN3/c1-10(17-9-13-15-6-7-16-13)8-11-4-2-3-5-12(11)14/h2-7,10,17H,8-9H2,1H3,(H,15,16)/t10-/m0/s1. The van der Waals surface area contributed by atoms with E-state index in [1.807, 2.05) is 12.3 Å². The molecule has 90 valence electrons. The van der Waals surface area contributed by atoms with Gasteiger partial charge in [0.15, 0.2) is 0 Å². The van der Waals surface area contributed by atoms with Gasteiger partial charge in [0.2, 0.25) is 0 Å². The van der Waals surface area contributed by atoms with Gasteiger partial charge in [-0.15, -0.1) is 0 Å². The first kappa shape index (κ1) is 12.3. The van der Waals surface area contributed by atoms with E-state index in [1.165, 1.54) is 10.0 Å². The first-order valence-corrected chi connectivity index (χ1v) is 6.50. The minimum Gasteiger partial charge on any atom is -0.348 e.